The monoisotopic (exact) mass is 761 g/mol. The second-order valence-corrected chi connectivity index (χ2v) is 14.5. The number of hydrogen-bond acceptors (Lipinski definition) is 2. The molecule has 286 valence electrons. The van der Waals surface area contributed by atoms with E-state index >= 15 is 0 Å². The fourth-order valence-electron chi connectivity index (χ4n) is 6.77. The van der Waals surface area contributed by atoms with Gasteiger partial charge in [0.2, 0.25) is 0 Å². The number of aryl methyl sites for hydroxylation is 2. The Morgan fingerprint density at radius 2 is 1.00 bits per heavy atom. The minimum atomic E-state index is 0.961. The van der Waals surface area contributed by atoms with Gasteiger partial charge >= 0.3 is 0 Å². The fraction of sp³-hybridized carbons (Fsp3) is 0.145. The van der Waals surface area contributed by atoms with E-state index in [4.69, 9.17) is 4.99 Å². The third kappa shape index (κ3) is 10.2. The fourth-order valence-corrected chi connectivity index (χ4v) is 7.91. The van der Waals surface area contributed by atoms with Gasteiger partial charge in [-0.1, -0.05) is 204 Å². The van der Waals surface area contributed by atoms with E-state index in [2.05, 4.69) is 180 Å². The van der Waals surface area contributed by atoms with Gasteiger partial charge in [-0.15, -0.1) is 11.3 Å². The Balaban J connectivity index is 0.000000499. The first kappa shape index (κ1) is 42.1. The zero-order valence-corrected chi connectivity index (χ0v) is 35.6. The third-order valence-electron chi connectivity index (χ3n) is 9.76. The minimum Gasteiger partial charge on any atom is -0.251 e. The summed E-state index contributed by atoms with van der Waals surface area (Å²) in [4.78, 5) is 5.20. The van der Waals surface area contributed by atoms with Crippen molar-refractivity contribution in [2.45, 2.75) is 55.4 Å². The molecule has 0 fully saturated rings. The highest BCUT2D eigenvalue weighted by Gasteiger charge is 2.12. The van der Waals surface area contributed by atoms with Crippen LogP contribution >= 0.6 is 11.3 Å². The van der Waals surface area contributed by atoms with Crippen molar-refractivity contribution in [1.29, 1.82) is 0 Å². The Labute approximate surface area is 345 Å². The molecule has 0 amide bonds. The summed E-state index contributed by atoms with van der Waals surface area (Å²) < 4.78 is 2.32. The van der Waals surface area contributed by atoms with Crippen LogP contribution in [0.1, 0.15) is 62.4 Å². The predicted molar refractivity (Wildman–Crippen MR) is 254 cm³/mol. The summed E-state index contributed by atoms with van der Waals surface area (Å²) in [5.74, 6) is 0. The molecule has 0 unspecified atom stereocenters. The van der Waals surface area contributed by atoms with Gasteiger partial charge in [0.25, 0.3) is 0 Å². The number of rotatable bonds is 6. The zero-order chi connectivity index (χ0) is 40.7. The third-order valence-corrected chi connectivity index (χ3v) is 11.0. The molecule has 0 saturated carbocycles. The lowest BCUT2D eigenvalue weighted by molar-refractivity contribution is 1.40. The molecule has 0 aliphatic carbocycles. The van der Waals surface area contributed by atoms with Crippen LogP contribution in [0.3, 0.4) is 0 Å². The highest BCUT2D eigenvalue weighted by atomic mass is 32.1. The molecule has 0 aliphatic rings. The predicted octanol–water partition coefficient (Wildman–Crippen LogP) is 14.6. The van der Waals surface area contributed by atoms with Gasteiger partial charge in [0.05, 0.1) is 10.2 Å². The summed E-state index contributed by atoms with van der Waals surface area (Å²) >= 11 is 1.76. The lowest BCUT2D eigenvalue weighted by Gasteiger charge is -2.14. The number of aliphatic imine (C=N–C) groups is 1. The Bertz CT molecular complexity index is 2630. The Kier molecular flexibility index (Phi) is 15.3. The van der Waals surface area contributed by atoms with Crippen LogP contribution in [0.15, 0.2) is 181 Å². The van der Waals surface area contributed by atoms with Crippen molar-refractivity contribution in [3.8, 4) is 33.4 Å². The molecule has 8 aromatic rings. The molecule has 0 spiro atoms. The van der Waals surface area contributed by atoms with Gasteiger partial charge in [-0.2, -0.15) is 0 Å². The van der Waals surface area contributed by atoms with E-state index in [0.717, 1.165) is 32.3 Å². The molecule has 0 saturated heterocycles. The molecular formula is C55H55NS. The van der Waals surface area contributed by atoms with Crippen LogP contribution in [0.25, 0.3) is 55.7 Å². The van der Waals surface area contributed by atoms with E-state index in [9.17, 15) is 0 Å². The molecular weight excluding hydrogens is 707 g/mol. The summed E-state index contributed by atoms with van der Waals surface area (Å²) in [6, 6.07) is 62.0. The SMILES string of the molecule is C=c1/c(=C(\N=C(C)c2ccccc2)c2ccccc2)sc2ccc(-c3ccc(-c4cccc(-c5ccccc5C)c4C)cc3)cc12.CC.CC.Cc1ccccc1. The Hall–Kier alpha value is -6.09. The number of benzene rings is 7. The highest BCUT2D eigenvalue weighted by Crippen LogP contribution is 2.34. The quantitative estimate of drug-likeness (QED) is 0.150. The van der Waals surface area contributed by atoms with Crippen molar-refractivity contribution in [3.63, 3.8) is 0 Å². The van der Waals surface area contributed by atoms with Crippen molar-refractivity contribution < 1.29 is 0 Å². The van der Waals surface area contributed by atoms with Gasteiger partial charge in [-0.05, 0) is 95.1 Å². The molecule has 0 radical (unpaired) electrons. The van der Waals surface area contributed by atoms with Crippen LogP contribution < -0.4 is 9.75 Å². The minimum absolute atomic E-state index is 0.961. The first-order valence-electron chi connectivity index (χ1n) is 20.1. The average Bonchev–Trinajstić information content (AvgIpc) is 3.60. The van der Waals surface area contributed by atoms with Crippen LogP contribution in [-0.2, 0) is 0 Å². The summed E-state index contributed by atoms with van der Waals surface area (Å²) in [5, 5.41) is 2.19. The Morgan fingerprint density at radius 3 is 1.60 bits per heavy atom. The van der Waals surface area contributed by atoms with E-state index in [-0.39, 0.29) is 0 Å². The van der Waals surface area contributed by atoms with E-state index in [1.54, 1.807) is 11.3 Å². The summed E-state index contributed by atoms with van der Waals surface area (Å²) in [5.41, 5.74) is 15.5. The molecule has 0 atom stereocenters. The molecule has 0 bridgehead atoms. The van der Waals surface area contributed by atoms with E-state index in [0.29, 0.717) is 0 Å². The molecule has 0 N–H and O–H groups in total. The molecule has 1 nitrogen and oxygen atoms in total. The van der Waals surface area contributed by atoms with Crippen LogP contribution in [-0.4, -0.2) is 5.71 Å². The van der Waals surface area contributed by atoms with Gasteiger partial charge < -0.3 is 0 Å². The van der Waals surface area contributed by atoms with Gasteiger partial charge in [0.1, 0.15) is 0 Å². The van der Waals surface area contributed by atoms with Crippen LogP contribution in [0.4, 0.5) is 0 Å². The zero-order valence-electron chi connectivity index (χ0n) is 34.8. The maximum atomic E-state index is 5.20. The number of fused-ring (bicyclic) bond motifs is 1. The van der Waals surface area contributed by atoms with Crippen LogP contribution in [0.2, 0.25) is 0 Å². The summed E-state index contributed by atoms with van der Waals surface area (Å²) in [6.07, 6.45) is 0. The van der Waals surface area contributed by atoms with Gasteiger partial charge in [-0.3, -0.25) is 4.99 Å². The highest BCUT2D eigenvalue weighted by molar-refractivity contribution is 7.17. The summed E-state index contributed by atoms with van der Waals surface area (Å²) in [7, 11) is 0. The molecule has 8 rings (SSSR count). The smallest absolute Gasteiger partial charge is 0.0883 e. The molecule has 0 aliphatic heterocycles. The summed E-state index contributed by atoms with van der Waals surface area (Å²) in [6.45, 7) is 21.2. The normalized spacial score (nSPS) is 11.3. The number of nitrogens with zero attached hydrogens (tertiary/aromatic N) is 1. The first-order chi connectivity index (χ1) is 27.9. The van der Waals surface area contributed by atoms with Gasteiger partial charge in [0.15, 0.2) is 0 Å². The first-order valence-corrected chi connectivity index (χ1v) is 20.9. The van der Waals surface area contributed by atoms with Crippen molar-refractivity contribution in [3.05, 3.63) is 213 Å². The molecule has 57 heavy (non-hydrogen) atoms. The molecule has 2 heteroatoms. The van der Waals surface area contributed by atoms with Crippen LogP contribution in [0.5, 0.6) is 0 Å². The number of hydrogen-bond donors (Lipinski definition) is 0. The van der Waals surface area contributed by atoms with E-state index in [1.165, 1.54) is 60.2 Å². The molecule has 1 aromatic heterocycles. The lowest BCUT2D eigenvalue weighted by atomic mass is 9.90. The van der Waals surface area contributed by atoms with Crippen molar-refractivity contribution in [1.82, 2.24) is 0 Å². The second-order valence-electron chi connectivity index (χ2n) is 13.4. The van der Waals surface area contributed by atoms with Crippen molar-refractivity contribution in [2.24, 2.45) is 4.99 Å². The standard InChI is InChI=1S/C44H35NS.C7H8.2C2H6/c1-29-14-11-12-19-38(29)40-21-13-20-39(30(40)2)35-24-22-34(23-25-35)37-26-27-42-41(28-37)31(3)44(46-42)43(36-17-9-6-10-18-36)45-32(4)33-15-7-5-8-16-33;1-7-5-3-2-4-6-7;2*1-2/h5-28H,3H2,1-2,4H3;2-6H,1H3;2*1-2H3/b44-43+,45-32?;;;. The van der Waals surface area contributed by atoms with E-state index < -0.39 is 0 Å². The second kappa shape index (κ2) is 20.7. The number of thiophene rings is 1. The van der Waals surface area contributed by atoms with E-state index in [1.807, 2.05) is 58.0 Å². The average molecular weight is 762 g/mol. The molecule has 1 heterocycles. The maximum Gasteiger partial charge on any atom is 0.0883 e. The maximum absolute atomic E-state index is 5.20. The van der Waals surface area contributed by atoms with Crippen molar-refractivity contribution >= 4 is 39.4 Å². The lowest BCUT2D eigenvalue weighted by Crippen LogP contribution is -2.20. The topological polar surface area (TPSA) is 12.4 Å². The van der Waals surface area contributed by atoms with Gasteiger partial charge in [0, 0.05) is 21.4 Å². The molecule has 7 aromatic carbocycles. The van der Waals surface area contributed by atoms with Crippen molar-refractivity contribution in [2.75, 3.05) is 0 Å². The van der Waals surface area contributed by atoms with Crippen LogP contribution in [0, 0.1) is 20.8 Å². The van der Waals surface area contributed by atoms with Gasteiger partial charge in [-0.25, -0.2) is 0 Å². The largest absolute Gasteiger partial charge is 0.251 e. The Morgan fingerprint density at radius 1 is 0.491 bits per heavy atom.